The molecule has 0 saturated carbocycles. The van der Waals surface area contributed by atoms with Crippen LogP contribution in [0.5, 0.6) is 0 Å². The van der Waals surface area contributed by atoms with Crippen LogP contribution in [0, 0.1) is 13.8 Å². The number of benzene rings is 1. The highest BCUT2D eigenvalue weighted by atomic mass is 32.2. The third-order valence-electron chi connectivity index (χ3n) is 5.31. The molecule has 0 spiro atoms. The number of nitrogens with zero attached hydrogens (tertiary/aromatic N) is 1. The zero-order chi connectivity index (χ0) is 23.8. The van der Waals surface area contributed by atoms with E-state index in [9.17, 15) is 21.6 Å². The maximum atomic E-state index is 13.8. The number of carbonyl (C=O) groups is 1. The average molecular weight is 477 g/mol. The van der Waals surface area contributed by atoms with Crippen molar-refractivity contribution in [3.63, 3.8) is 0 Å². The number of pyridine rings is 1. The minimum absolute atomic E-state index is 0.0312. The van der Waals surface area contributed by atoms with Gasteiger partial charge in [-0.05, 0) is 44.4 Å². The van der Waals surface area contributed by atoms with Gasteiger partial charge in [0.1, 0.15) is 15.5 Å². The molecule has 0 saturated heterocycles. The molecule has 172 valence electrons. The van der Waals surface area contributed by atoms with Gasteiger partial charge >= 0.3 is 0 Å². The van der Waals surface area contributed by atoms with Gasteiger partial charge < -0.3 is 10.1 Å². The number of nitrogens with two attached hydrogens (primary N) is 1. The molecule has 0 aliphatic carbocycles. The first-order valence-electron chi connectivity index (χ1n) is 10.5. The number of hydrogen-bond acceptors (Lipinski definition) is 6. The molecule has 3 rings (SSSR count). The van der Waals surface area contributed by atoms with Crippen molar-refractivity contribution in [2.75, 3.05) is 17.2 Å². The van der Waals surface area contributed by atoms with Gasteiger partial charge in [0, 0.05) is 11.8 Å². The lowest BCUT2D eigenvalue weighted by Crippen LogP contribution is -2.17. The normalized spacial score (nSPS) is 12.4. The number of sulfone groups is 2. The van der Waals surface area contributed by atoms with Crippen LogP contribution in [-0.2, 0) is 19.7 Å². The molecule has 1 aromatic carbocycles. The van der Waals surface area contributed by atoms with Gasteiger partial charge in [-0.15, -0.1) is 0 Å². The second kappa shape index (κ2) is 8.71. The van der Waals surface area contributed by atoms with E-state index in [0.717, 1.165) is 5.56 Å². The summed E-state index contributed by atoms with van der Waals surface area (Å²) < 4.78 is 54.8. The zero-order valence-electron chi connectivity index (χ0n) is 18.7. The molecule has 7 nitrogen and oxygen atoms in total. The maximum absolute atomic E-state index is 13.8. The van der Waals surface area contributed by atoms with E-state index in [1.165, 1.54) is 16.7 Å². The standard InChI is InChI=1S/C23H28N2O5S2/c1-5-12-31(27,28)22-19-18(24)8-7-11-25(19)20(23(22)32(29,30)13-6-2)21(26)17-10-9-15(3)14-16(17)4/h7-11,14H,5-6,12-13,24H2,1-4H3. The fourth-order valence-corrected chi connectivity index (χ4v) is 8.00. The Labute approximate surface area is 189 Å². The Morgan fingerprint density at radius 3 is 2.09 bits per heavy atom. The lowest BCUT2D eigenvalue weighted by atomic mass is 10.0. The molecule has 0 atom stereocenters. The SMILES string of the molecule is CCCS(=O)(=O)c1c(S(=O)(=O)CCC)c2c(N)cccn2c1C(=O)c1ccc(C)cc1C. The summed E-state index contributed by atoms with van der Waals surface area (Å²) in [4.78, 5) is 12.9. The van der Waals surface area contributed by atoms with Gasteiger partial charge in [-0.3, -0.25) is 4.79 Å². The predicted molar refractivity (Wildman–Crippen MR) is 126 cm³/mol. The quantitative estimate of drug-likeness (QED) is 0.495. The van der Waals surface area contributed by atoms with Crippen molar-refractivity contribution in [1.82, 2.24) is 4.40 Å². The molecule has 0 bridgehead atoms. The molecule has 0 radical (unpaired) electrons. The Morgan fingerprint density at radius 2 is 1.53 bits per heavy atom. The monoisotopic (exact) mass is 476 g/mol. The molecule has 2 heterocycles. The number of aryl methyl sites for hydroxylation is 2. The van der Waals surface area contributed by atoms with E-state index in [-0.39, 0.29) is 39.7 Å². The Balaban J connectivity index is 2.56. The van der Waals surface area contributed by atoms with Crippen molar-refractivity contribution in [3.05, 3.63) is 58.9 Å². The first-order chi connectivity index (χ1) is 15.0. The van der Waals surface area contributed by atoms with Crippen LogP contribution in [0.25, 0.3) is 5.52 Å². The van der Waals surface area contributed by atoms with E-state index in [4.69, 9.17) is 5.73 Å². The number of anilines is 1. The number of aromatic nitrogens is 1. The molecule has 0 aliphatic heterocycles. The van der Waals surface area contributed by atoms with Gasteiger partial charge in [-0.1, -0.05) is 37.6 Å². The smallest absolute Gasteiger partial charge is 0.211 e. The number of nitrogen functional groups attached to an aromatic ring is 1. The van der Waals surface area contributed by atoms with Crippen LogP contribution in [0.1, 0.15) is 53.9 Å². The van der Waals surface area contributed by atoms with E-state index < -0.39 is 30.4 Å². The van der Waals surface area contributed by atoms with Crippen molar-refractivity contribution in [1.29, 1.82) is 0 Å². The molecule has 0 unspecified atom stereocenters. The molecule has 3 aromatic rings. The average Bonchev–Trinajstić information content (AvgIpc) is 3.06. The minimum Gasteiger partial charge on any atom is -0.397 e. The molecular weight excluding hydrogens is 448 g/mol. The summed E-state index contributed by atoms with van der Waals surface area (Å²) >= 11 is 0. The molecule has 0 fully saturated rings. The van der Waals surface area contributed by atoms with Crippen molar-refractivity contribution in [2.24, 2.45) is 0 Å². The van der Waals surface area contributed by atoms with Crippen molar-refractivity contribution in [2.45, 2.75) is 50.3 Å². The van der Waals surface area contributed by atoms with Crippen LogP contribution in [0.15, 0.2) is 46.3 Å². The number of hydrogen-bond donors (Lipinski definition) is 1. The summed E-state index contributed by atoms with van der Waals surface area (Å²) in [6, 6.07) is 8.29. The van der Waals surface area contributed by atoms with Crippen LogP contribution in [0.2, 0.25) is 0 Å². The lowest BCUT2D eigenvalue weighted by molar-refractivity contribution is 0.102. The van der Waals surface area contributed by atoms with Crippen LogP contribution in [-0.4, -0.2) is 38.5 Å². The van der Waals surface area contributed by atoms with E-state index >= 15 is 0 Å². The highest BCUT2D eigenvalue weighted by Crippen LogP contribution is 2.38. The third-order valence-corrected chi connectivity index (χ3v) is 9.37. The summed E-state index contributed by atoms with van der Waals surface area (Å²) in [6.07, 6.45) is 2.05. The van der Waals surface area contributed by atoms with Gasteiger partial charge in [-0.25, -0.2) is 16.8 Å². The molecule has 0 aliphatic rings. The van der Waals surface area contributed by atoms with Crippen LogP contribution in [0.4, 0.5) is 5.69 Å². The fourth-order valence-electron chi connectivity index (χ4n) is 4.00. The van der Waals surface area contributed by atoms with E-state index in [1.807, 2.05) is 13.0 Å². The first kappa shape index (κ1) is 24.0. The van der Waals surface area contributed by atoms with Crippen LogP contribution in [0.3, 0.4) is 0 Å². The van der Waals surface area contributed by atoms with E-state index in [1.54, 1.807) is 39.0 Å². The van der Waals surface area contributed by atoms with Gasteiger partial charge in [0.15, 0.2) is 19.7 Å². The summed E-state index contributed by atoms with van der Waals surface area (Å²) in [5, 5.41) is 0. The molecule has 9 heteroatoms. The molecule has 0 amide bonds. The number of carbonyl (C=O) groups excluding carboxylic acids is 1. The summed E-state index contributed by atoms with van der Waals surface area (Å²) in [5.74, 6) is -1.10. The third kappa shape index (κ3) is 4.06. The predicted octanol–water partition coefficient (Wildman–Crippen LogP) is 3.74. The topological polar surface area (TPSA) is 116 Å². The molecule has 32 heavy (non-hydrogen) atoms. The number of fused-ring (bicyclic) bond motifs is 1. The first-order valence-corrected chi connectivity index (χ1v) is 13.8. The second-order valence-electron chi connectivity index (χ2n) is 7.97. The van der Waals surface area contributed by atoms with Crippen LogP contribution < -0.4 is 5.73 Å². The highest BCUT2D eigenvalue weighted by Gasteiger charge is 2.38. The fraction of sp³-hybridized carbons (Fsp3) is 0.348. The molecule has 2 aromatic heterocycles. The van der Waals surface area contributed by atoms with Gasteiger partial charge in [-0.2, -0.15) is 0 Å². The van der Waals surface area contributed by atoms with Gasteiger partial charge in [0.25, 0.3) is 0 Å². The number of ketones is 1. The van der Waals surface area contributed by atoms with Crippen molar-refractivity contribution >= 4 is 36.7 Å². The maximum Gasteiger partial charge on any atom is 0.211 e. The largest absolute Gasteiger partial charge is 0.397 e. The van der Waals surface area contributed by atoms with Crippen molar-refractivity contribution in [3.8, 4) is 0 Å². The van der Waals surface area contributed by atoms with E-state index in [0.29, 0.717) is 17.5 Å². The van der Waals surface area contributed by atoms with Crippen molar-refractivity contribution < 1.29 is 21.6 Å². The van der Waals surface area contributed by atoms with E-state index in [2.05, 4.69) is 0 Å². The zero-order valence-corrected chi connectivity index (χ0v) is 20.3. The molecule has 2 N–H and O–H groups in total. The Morgan fingerprint density at radius 1 is 0.938 bits per heavy atom. The summed E-state index contributed by atoms with van der Waals surface area (Å²) in [5.41, 5.74) is 8.01. The minimum atomic E-state index is -4.10. The molecular formula is C23H28N2O5S2. The highest BCUT2D eigenvalue weighted by molar-refractivity contribution is 7.94. The summed E-state index contributed by atoms with van der Waals surface area (Å²) in [7, 11) is -8.14. The second-order valence-corrected chi connectivity index (χ2v) is 12.1. The van der Waals surface area contributed by atoms with Crippen LogP contribution >= 0.6 is 0 Å². The Bertz CT molecular complexity index is 1420. The lowest BCUT2D eigenvalue weighted by Gasteiger charge is -2.10. The van der Waals surface area contributed by atoms with Gasteiger partial charge in [0.2, 0.25) is 5.78 Å². The Kier molecular flexibility index (Phi) is 6.53. The summed E-state index contributed by atoms with van der Waals surface area (Å²) in [6.45, 7) is 7.04. The number of rotatable bonds is 8. The Hall–Kier alpha value is -2.65. The van der Waals surface area contributed by atoms with Gasteiger partial charge in [0.05, 0.1) is 22.7 Å².